The molecule has 8 heteroatoms. The highest BCUT2D eigenvalue weighted by atomic mass is 31.0. The summed E-state index contributed by atoms with van der Waals surface area (Å²) in [5.41, 5.74) is -3.58. The summed E-state index contributed by atoms with van der Waals surface area (Å²) in [4.78, 5) is 8.10. The Bertz CT molecular complexity index is 1060. The Hall–Kier alpha value is -2.47. The van der Waals surface area contributed by atoms with Gasteiger partial charge in [0.25, 0.3) is 5.66 Å². The molecule has 0 bridgehead atoms. The van der Waals surface area contributed by atoms with Crippen LogP contribution >= 0.6 is 9.24 Å². The largest absolute Gasteiger partial charge is 0.494 e. The van der Waals surface area contributed by atoms with Crippen molar-refractivity contribution in [3.63, 3.8) is 0 Å². The SMILES string of the molecule is OCCCCOc1cc(-c2cncnc2)c2c(c1)C(O)(C(F)(F)P)c1ccccc1-2. The van der Waals surface area contributed by atoms with Crippen molar-refractivity contribution in [3.8, 4) is 28.0 Å². The number of alkyl halides is 2. The van der Waals surface area contributed by atoms with Crippen LogP contribution in [0.3, 0.4) is 0 Å². The molecule has 156 valence electrons. The lowest BCUT2D eigenvalue weighted by Crippen LogP contribution is -2.40. The van der Waals surface area contributed by atoms with E-state index >= 15 is 0 Å². The third-order valence-corrected chi connectivity index (χ3v) is 5.68. The molecule has 2 unspecified atom stereocenters. The molecule has 0 radical (unpaired) electrons. The molecule has 1 aliphatic carbocycles. The van der Waals surface area contributed by atoms with Gasteiger partial charge in [0.05, 0.1) is 6.61 Å². The van der Waals surface area contributed by atoms with E-state index in [0.717, 1.165) is 0 Å². The van der Waals surface area contributed by atoms with Gasteiger partial charge in [-0.25, -0.2) is 9.97 Å². The number of ether oxygens (including phenoxy) is 1. The fourth-order valence-electron chi connectivity index (χ4n) is 3.86. The molecule has 1 aromatic heterocycles. The number of fused-ring (bicyclic) bond motifs is 3. The molecule has 4 rings (SSSR count). The molecule has 1 heterocycles. The molecule has 2 atom stereocenters. The van der Waals surface area contributed by atoms with E-state index in [1.807, 2.05) is 0 Å². The van der Waals surface area contributed by atoms with E-state index in [1.54, 1.807) is 36.7 Å². The maximum Gasteiger partial charge on any atom is 0.295 e. The molecule has 2 aromatic carbocycles. The molecule has 3 aromatic rings. The van der Waals surface area contributed by atoms with Crippen LogP contribution < -0.4 is 4.74 Å². The molecule has 0 spiro atoms. The summed E-state index contributed by atoms with van der Waals surface area (Å²) < 4.78 is 35.4. The Labute approximate surface area is 175 Å². The molecule has 5 nitrogen and oxygen atoms in total. The molecular weight excluding hydrogens is 409 g/mol. The van der Waals surface area contributed by atoms with Crippen LogP contribution in [0, 0.1) is 0 Å². The number of rotatable bonds is 7. The molecule has 0 amide bonds. The first kappa shape index (κ1) is 20.8. The number of hydrogen-bond donors (Lipinski definition) is 2. The van der Waals surface area contributed by atoms with Crippen LogP contribution in [0.15, 0.2) is 55.1 Å². The average molecular weight is 430 g/mol. The van der Waals surface area contributed by atoms with Gasteiger partial charge in [-0.3, -0.25) is 0 Å². The van der Waals surface area contributed by atoms with E-state index in [2.05, 4.69) is 9.97 Å². The Balaban J connectivity index is 1.95. The topological polar surface area (TPSA) is 75.5 Å². The average Bonchev–Trinajstić information content (AvgIpc) is 3.01. The predicted octanol–water partition coefficient (Wildman–Crippen LogP) is 3.98. The highest BCUT2D eigenvalue weighted by molar-refractivity contribution is 7.18. The lowest BCUT2D eigenvalue weighted by Gasteiger charge is -2.32. The van der Waals surface area contributed by atoms with Gasteiger partial charge in [-0.1, -0.05) is 33.5 Å². The van der Waals surface area contributed by atoms with Gasteiger partial charge in [0, 0.05) is 35.7 Å². The van der Waals surface area contributed by atoms with Crippen molar-refractivity contribution in [2.75, 3.05) is 13.2 Å². The third-order valence-electron chi connectivity index (χ3n) is 5.26. The van der Waals surface area contributed by atoms with Gasteiger partial charge in [0.15, 0.2) is 5.60 Å². The van der Waals surface area contributed by atoms with Crippen LogP contribution in [0.1, 0.15) is 24.0 Å². The van der Waals surface area contributed by atoms with Crippen LogP contribution in [-0.2, 0) is 5.60 Å². The van der Waals surface area contributed by atoms with Crippen molar-refractivity contribution < 1.29 is 23.7 Å². The van der Waals surface area contributed by atoms with E-state index < -0.39 is 11.3 Å². The second kappa shape index (κ2) is 7.99. The van der Waals surface area contributed by atoms with E-state index in [1.165, 1.54) is 27.7 Å². The van der Waals surface area contributed by atoms with Crippen LogP contribution in [0.5, 0.6) is 5.75 Å². The number of hydrogen-bond acceptors (Lipinski definition) is 5. The number of unbranched alkanes of at least 4 members (excludes halogenated alkanes) is 1. The van der Waals surface area contributed by atoms with Gasteiger partial charge >= 0.3 is 0 Å². The van der Waals surface area contributed by atoms with Gasteiger partial charge in [0.1, 0.15) is 12.1 Å². The van der Waals surface area contributed by atoms with Crippen LogP contribution in [0.25, 0.3) is 22.3 Å². The summed E-state index contributed by atoms with van der Waals surface area (Å²) in [6, 6.07) is 9.83. The molecule has 1 aliphatic rings. The Morgan fingerprint density at radius 3 is 2.47 bits per heavy atom. The van der Waals surface area contributed by atoms with E-state index in [4.69, 9.17) is 9.84 Å². The smallest absolute Gasteiger partial charge is 0.295 e. The molecule has 0 saturated carbocycles. The minimum Gasteiger partial charge on any atom is -0.494 e. The van der Waals surface area contributed by atoms with Crippen LogP contribution in [-0.4, -0.2) is 39.1 Å². The Morgan fingerprint density at radius 2 is 1.77 bits per heavy atom. The number of aromatic nitrogens is 2. The highest BCUT2D eigenvalue weighted by Crippen LogP contribution is 2.59. The summed E-state index contributed by atoms with van der Waals surface area (Å²) in [5.74, 6) is 0.353. The molecule has 0 fully saturated rings. The lowest BCUT2D eigenvalue weighted by atomic mass is 9.89. The van der Waals surface area contributed by atoms with E-state index in [9.17, 15) is 13.9 Å². The number of halogens is 2. The van der Waals surface area contributed by atoms with Gasteiger partial charge < -0.3 is 14.9 Å². The van der Waals surface area contributed by atoms with Gasteiger partial charge in [-0.2, -0.15) is 8.78 Å². The van der Waals surface area contributed by atoms with Gasteiger partial charge in [-0.05, 0) is 41.7 Å². The second-order valence-electron chi connectivity index (χ2n) is 7.18. The van der Waals surface area contributed by atoms with E-state index in [0.29, 0.717) is 47.5 Å². The Kier molecular flexibility index (Phi) is 5.53. The summed E-state index contributed by atoms with van der Waals surface area (Å²) >= 11 is 0. The second-order valence-corrected chi connectivity index (χ2v) is 7.90. The van der Waals surface area contributed by atoms with Crippen molar-refractivity contribution in [1.82, 2.24) is 9.97 Å². The predicted molar refractivity (Wildman–Crippen MR) is 112 cm³/mol. The van der Waals surface area contributed by atoms with Crippen molar-refractivity contribution in [2.45, 2.75) is 24.1 Å². The zero-order valence-electron chi connectivity index (χ0n) is 16.1. The fraction of sp³-hybridized carbons (Fsp3) is 0.273. The minimum absolute atomic E-state index is 0.0501. The molecule has 30 heavy (non-hydrogen) atoms. The summed E-state index contributed by atoms with van der Waals surface area (Å²) in [5, 5.41) is 20.3. The number of aliphatic hydroxyl groups excluding tert-OH is 1. The van der Waals surface area contributed by atoms with E-state index in [-0.39, 0.29) is 17.7 Å². The van der Waals surface area contributed by atoms with Crippen LogP contribution in [0.4, 0.5) is 8.78 Å². The standard InChI is InChI=1S/C22H21F2N2O3P/c23-22(24,30)21(28)18-6-2-1-5-16(18)20-17(14-11-25-13-26-12-14)9-15(10-19(20)21)29-8-4-3-7-27/h1-2,5-6,9-13,27-28H,3-4,7-8,30H2. The number of benzene rings is 2. The zero-order valence-corrected chi connectivity index (χ0v) is 17.2. The first-order chi connectivity index (χ1) is 14.4. The fourth-order valence-corrected chi connectivity index (χ4v) is 4.18. The summed E-state index contributed by atoms with van der Waals surface area (Å²) in [6.07, 6.45) is 5.76. The monoisotopic (exact) mass is 430 g/mol. The maximum absolute atomic E-state index is 14.8. The number of aliphatic hydroxyl groups is 2. The summed E-state index contributed by atoms with van der Waals surface area (Å²) in [6.45, 7) is 0.362. The number of nitrogens with zero attached hydrogens (tertiary/aromatic N) is 2. The molecule has 2 N–H and O–H groups in total. The molecular formula is C22H21F2N2O3P. The highest BCUT2D eigenvalue weighted by Gasteiger charge is 2.57. The first-order valence-electron chi connectivity index (χ1n) is 9.54. The quantitative estimate of drug-likeness (QED) is 0.438. The first-order valence-corrected chi connectivity index (χ1v) is 10.1. The van der Waals surface area contributed by atoms with Gasteiger partial charge in [0.2, 0.25) is 0 Å². The third kappa shape index (κ3) is 3.37. The van der Waals surface area contributed by atoms with Crippen molar-refractivity contribution in [1.29, 1.82) is 0 Å². The normalized spacial score (nSPS) is 17.5. The lowest BCUT2D eigenvalue weighted by molar-refractivity contribution is -0.0964. The summed E-state index contributed by atoms with van der Waals surface area (Å²) in [7, 11) is 1.47. The van der Waals surface area contributed by atoms with Crippen molar-refractivity contribution >= 4 is 9.24 Å². The minimum atomic E-state index is -3.52. The van der Waals surface area contributed by atoms with Gasteiger partial charge in [-0.15, -0.1) is 0 Å². The molecule has 0 saturated heterocycles. The van der Waals surface area contributed by atoms with Crippen molar-refractivity contribution in [2.24, 2.45) is 0 Å². The molecule has 0 aliphatic heterocycles. The van der Waals surface area contributed by atoms with Crippen LogP contribution in [0.2, 0.25) is 0 Å². The Morgan fingerprint density at radius 1 is 1.03 bits per heavy atom. The maximum atomic E-state index is 14.8. The zero-order chi connectivity index (χ0) is 21.4. The van der Waals surface area contributed by atoms with Crippen molar-refractivity contribution in [3.05, 3.63) is 66.2 Å².